The molecule has 1 aromatic rings. The van der Waals surface area contributed by atoms with Gasteiger partial charge < -0.3 is 10.5 Å². The standard InChI is InChI=1S/C13H13NO2/c14-7-2-1-3-10-4-5-11-12(15)6-8-16-13(11)9-10/h4-5,9H,2,6-8,14H2. The molecule has 0 saturated carbocycles. The molecular formula is C13H13NO2. The molecule has 82 valence electrons. The van der Waals surface area contributed by atoms with Crippen LogP contribution in [0.5, 0.6) is 5.75 Å². The van der Waals surface area contributed by atoms with Crippen LogP contribution in [0.1, 0.15) is 28.8 Å². The summed E-state index contributed by atoms with van der Waals surface area (Å²) in [7, 11) is 0. The van der Waals surface area contributed by atoms with E-state index < -0.39 is 0 Å². The number of ether oxygens (including phenoxy) is 1. The van der Waals surface area contributed by atoms with Crippen LogP contribution >= 0.6 is 0 Å². The molecule has 3 nitrogen and oxygen atoms in total. The summed E-state index contributed by atoms with van der Waals surface area (Å²) in [5.74, 6) is 6.73. The van der Waals surface area contributed by atoms with Crippen molar-refractivity contribution < 1.29 is 9.53 Å². The predicted octanol–water partition coefficient (Wildman–Crippen LogP) is 1.35. The molecular weight excluding hydrogens is 202 g/mol. The maximum atomic E-state index is 11.5. The first-order chi connectivity index (χ1) is 7.81. The summed E-state index contributed by atoms with van der Waals surface area (Å²) < 4.78 is 5.43. The van der Waals surface area contributed by atoms with Crippen LogP contribution in [0, 0.1) is 11.8 Å². The molecule has 0 saturated heterocycles. The van der Waals surface area contributed by atoms with Crippen molar-refractivity contribution in [3.8, 4) is 17.6 Å². The highest BCUT2D eigenvalue weighted by atomic mass is 16.5. The summed E-state index contributed by atoms with van der Waals surface area (Å²) in [6.45, 7) is 1.03. The van der Waals surface area contributed by atoms with E-state index in [2.05, 4.69) is 11.8 Å². The van der Waals surface area contributed by atoms with E-state index in [1.54, 1.807) is 6.07 Å². The average molecular weight is 215 g/mol. The lowest BCUT2D eigenvalue weighted by atomic mass is 10.0. The van der Waals surface area contributed by atoms with Crippen LogP contribution in [0.25, 0.3) is 0 Å². The molecule has 0 aliphatic carbocycles. The molecule has 0 amide bonds. The lowest BCUT2D eigenvalue weighted by Gasteiger charge is -2.15. The summed E-state index contributed by atoms with van der Waals surface area (Å²) in [4.78, 5) is 11.5. The molecule has 2 rings (SSSR count). The van der Waals surface area contributed by atoms with Gasteiger partial charge in [-0.15, -0.1) is 0 Å². The van der Waals surface area contributed by atoms with Gasteiger partial charge in [0.2, 0.25) is 0 Å². The summed E-state index contributed by atoms with van der Waals surface area (Å²) in [5.41, 5.74) is 6.88. The van der Waals surface area contributed by atoms with Gasteiger partial charge in [0, 0.05) is 24.9 Å². The summed E-state index contributed by atoms with van der Waals surface area (Å²) >= 11 is 0. The fourth-order valence-electron chi connectivity index (χ4n) is 1.57. The Morgan fingerprint density at radius 2 is 2.31 bits per heavy atom. The number of hydrogen-bond donors (Lipinski definition) is 1. The number of hydrogen-bond acceptors (Lipinski definition) is 3. The number of Topliss-reactive ketones (excluding diaryl/α,β-unsaturated/α-hetero) is 1. The van der Waals surface area contributed by atoms with Crippen LogP contribution in [0.3, 0.4) is 0 Å². The molecule has 3 heteroatoms. The number of ketones is 1. The van der Waals surface area contributed by atoms with Crippen molar-refractivity contribution in [2.45, 2.75) is 12.8 Å². The minimum Gasteiger partial charge on any atom is -0.492 e. The molecule has 16 heavy (non-hydrogen) atoms. The van der Waals surface area contributed by atoms with Crippen molar-refractivity contribution in [2.75, 3.05) is 13.2 Å². The minimum absolute atomic E-state index is 0.141. The molecule has 1 aromatic carbocycles. The second-order valence-electron chi connectivity index (χ2n) is 3.57. The van der Waals surface area contributed by atoms with E-state index in [1.165, 1.54) is 0 Å². The van der Waals surface area contributed by atoms with Crippen LogP contribution in [0.4, 0.5) is 0 Å². The Bertz CT molecular complexity index is 469. The second kappa shape index (κ2) is 4.82. The van der Waals surface area contributed by atoms with Gasteiger partial charge in [-0.3, -0.25) is 4.79 Å². The molecule has 0 unspecified atom stereocenters. The molecule has 0 radical (unpaired) electrons. The SMILES string of the molecule is NCCC#Cc1ccc2c(c1)OCCC2=O. The smallest absolute Gasteiger partial charge is 0.169 e. The fraction of sp³-hybridized carbons (Fsp3) is 0.308. The highest BCUT2D eigenvalue weighted by Crippen LogP contribution is 2.25. The molecule has 0 atom stereocenters. The Kier molecular flexibility index (Phi) is 3.23. The van der Waals surface area contributed by atoms with Crippen LogP contribution in [-0.4, -0.2) is 18.9 Å². The van der Waals surface area contributed by atoms with Crippen molar-refractivity contribution in [3.05, 3.63) is 29.3 Å². The molecule has 1 heterocycles. The molecule has 1 aliphatic rings. The highest BCUT2D eigenvalue weighted by molar-refractivity contribution is 5.99. The van der Waals surface area contributed by atoms with Gasteiger partial charge in [-0.25, -0.2) is 0 Å². The Hall–Kier alpha value is -1.79. The Balaban J connectivity index is 2.26. The quantitative estimate of drug-likeness (QED) is 0.719. The number of benzene rings is 1. The van der Waals surface area contributed by atoms with E-state index in [-0.39, 0.29) is 5.78 Å². The van der Waals surface area contributed by atoms with Crippen LogP contribution in [-0.2, 0) is 0 Å². The number of nitrogens with two attached hydrogens (primary N) is 1. The number of carbonyl (C=O) groups excluding carboxylic acids is 1. The first-order valence-corrected chi connectivity index (χ1v) is 5.30. The third-order valence-corrected chi connectivity index (χ3v) is 2.37. The third kappa shape index (κ3) is 2.23. The van der Waals surface area contributed by atoms with Gasteiger partial charge in [0.1, 0.15) is 5.75 Å². The topological polar surface area (TPSA) is 52.3 Å². The Morgan fingerprint density at radius 3 is 3.12 bits per heavy atom. The van der Waals surface area contributed by atoms with Gasteiger partial charge in [-0.2, -0.15) is 0 Å². The zero-order valence-electron chi connectivity index (χ0n) is 8.95. The normalized spacial score (nSPS) is 13.4. The second-order valence-corrected chi connectivity index (χ2v) is 3.57. The lowest BCUT2D eigenvalue weighted by Crippen LogP contribution is -2.15. The predicted molar refractivity (Wildman–Crippen MR) is 61.4 cm³/mol. The molecule has 0 fully saturated rings. The van der Waals surface area contributed by atoms with E-state index in [1.807, 2.05) is 12.1 Å². The average Bonchev–Trinajstić information content (AvgIpc) is 2.30. The largest absolute Gasteiger partial charge is 0.492 e. The molecule has 1 aliphatic heterocycles. The van der Waals surface area contributed by atoms with Gasteiger partial charge in [0.05, 0.1) is 12.2 Å². The van der Waals surface area contributed by atoms with Gasteiger partial charge >= 0.3 is 0 Å². The number of rotatable bonds is 1. The fourth-order valence-corrected chi connectivity index (χ4v) is 1.57. The van der Waals surface area contributed by atoms with Crippen molar-refractivity contribution in [1.29, 1.82) is 0 Å². The van der Waals surface area contributed by atoms with Crippen LogP contribution in [0.15, 0.2) is 18.2 Å². The van der Waals surface area contributed by atoms with Gasteiger partial charge in [-0.1, -0.05) is 11.8 Å². The number of fused-ring (bicyclic) bond motifs is 1. The van der Waals surface area contributed by atoms with E-state index in [9.17, 15) is 4.79 Å². The van der Waals surface area contributed by atoms with E-state index in [4.69, 9.17) is 10.5 Å². The molecule has 0 bridgehead atoms. The molecule has 0 spiro atoms. The lowest BCUT2D eigenvalue weighted by molar-refractivity contribution is 0.0933. The van der Waals surface area contributed by atoms with Crippen molar-refractivity contribution in [1.82, 2.24) is 0 Å². The zero-order valence-corrected chi connectivity index (χ0v) is 8.95. The summed E-state index contributed by atoms with van der Waals surface area (Å²) in [6.07, 6.45) is 1.14. The van der Waals surface area contributed by atoms with Gasteiger partial charge in [0.25, 0.3) is 0 Å². The van der Waals surface area contributed by atoms with Crippen LogP contribution in [0.2, 0.25) is 0 Å². The van der Waals surface area contributed by atoms with E-state index in [0.29, 0.717) is 37.3 Å². The van der Waals surface area contributed by atoms with Gasteiger partial charge in [0.15, 0.2) is 5.78 Å². The summed E-state index contributed by atoms with van der Waals surface area (Å²) in [6, 6.07) is 5.44. The van der Waals surface area contributed by atoms with Crippen LogP contribution < -0.4 is 10.5 Å². The Labute approximate surface area is 94.6 Å². The van der Waals surface area contributed by atoms with E-state index in [0.717, 1.165) is 5.56 Å². The monoisotopic (exact) mass is 215 g/mol. The van der Waals surface area contributed by atoms with Crippen molar-refractivity contribution in [2.24, 2.45) is 5.73 Å². The van der Waals surface area contributed by atoms with E-state index >= 15 is 0 Å². The minimum atomic E-state index is 0.141. The van der Waals surface area contributed by atoms with Gasteiger partial charge in [-0.05, 0) is 18.2 Å². The van der Waals surface area contributed by atoms with Crippen molar-refractivity contribution >= 4 is 5.78 Å². The maximum Gasteiger partial charge on any atom is 0.169 e. The first-order valence-electron chi connectivity index (χ1n) is 5.30. The Morgan fingerprint density at radius 1 is 1.44 bits per heavy atom. The summed E-state index contributed by atoms with van der Waals surface area (Å²) in [5, 5.41) is 0. The number of carbonyl (C=O) groups is 1. The molecule has 2 N–H and O–H groups in total. The third-order valence-electron chi connectivity index (χ3n) is 2.37. The highest BCUT2D eigenvalue weighted by Gasteiger charge is 2.17. The zero-order chi connectivity index (χ0) is 11.4. The first kappa shape index (κ1) is 10.7. The molecule has 0 aromatic heterocycles. The maximum absolute atomic E-state index is 11.5. The van der Waals surface area contributed by atoms with Crippen molar-refractivity contribution in [3.63, 3.8) is 0 Å².